The van der Waals surface area contributed by atoms with E-state index in [0.29, 0.717) is 0 Å². The van der Waals surface area contributed by atoms with Crippen molar-refractivity contribution in [1.82, 2.24) is 30.2 Å². The Balaban J connectivity index is 0.00000208. The molecule has 8 heteroatoms. The summed E-state index contributed by atoms with van der Waals surface area (Å²) in [5, 5.41) is 15.2. The van der Waals surface area contributed by atoms with Gasteiger partial charge in [0.25, 0.3) is 0 Å². The zero-order valence-corrected chi connectivity index (χ0v) is 15.1. The van der Waals surface area contributed by atoms with E-state index in [0.717, 1.165) is 37.2 Å². The summed E-state index contributed by atoms with van der Waals surface area (Å²) in [6.07, 6.45) is 7.04. The molecule has 0 aliphatic carbocycles. The van der Waals surface area contributed by atoms with Gasteiger partial charge in [-0.1, -0.05) is 0 Å². The van der Waals surface area contributed by atoms with Gasteiger partial charge in [0.05, 0.1) is 11.7 Å². The van der Waals surface area contributed by atoms with Crippen molar-refractivity contribution in [3.63, 3.8) is 0 Å². The quantitative estimate of drug-likeness (QED) is 0.869. The molecule has 1 fully saturated rings. The van der Waals surface area contributed by atoms with Crippen molar-refractivity contribution in [2.75, 3.05) is 13.1 Å². The molecule has 1 atom stereocenters. The molecule has 0 aromatic carbocycles. The highest BCUT2D eigenvalue weighted by Gasteiger charge is 2.42. The van der Waals surface area contributed by atoms with Crippen molar-refractivity contribution in [2.45, 2.75) is 38.3 Å². The topological polar surface area (TPSA) is 76.8 Å². The fraction of sp³-hybridized carbons (Fsp3) is 0.562. The highest BCUT2D eigenvalue weighted by Crippen LogP contribution is 2.28. The molecule has 0 radical (unpaired) electrons. The Morgan fingerprint density at radius 1 is 1.42 bits per heavy atom. The first-order chi connectivity index (χ1) is 11.0. The van der Waals surface area contributed by atoms with Gasteiger partial charge < -0.3 is 10.6 Å². The predicted molar refractivity (Wildman–Crippen MR) is 94.1 cm³/mol. The van der Waals surface area contributed by atoms with E-state index in [4.69, 9.17) is 0 Å². The molecule has 3 rings (SSSR count). The molecule has 2 aromatic heterocycles. The summed E-state index contributed by atoms with van der Waals surface area (Å²) in [5.74, 6) is 0.0263. The highest BCUT2D eigenvalue weighted by atomic mass is 35.5. The third-order valence-electron chi connectivity index (χ3n) is 4.66. The second kappa shape index (κ2) is 7.36. The van der Waals surface area contributed by atoms with Gasteiger partial charge >= 0.3 is 0 Å². The van der Waals surface area contributed by atoms with Crippen LogP contribution in [0.2, 0.25) is 0 Å². The number of hydrogen-bond acceptors (Lipinski definition) is 4. The lowest BCUT2D eigenvalue weighted by molar-refractivity contribution is -0.132. The molecule has 7 nitrogen and oxygen atoms in total. The van der Waals surface area contributed by atoms with Crippen molar-refractivity contribution in [1.29, 1.82) is 0 Å². The summed E-state index contributed by atoms with van der Waals surface area (Å²) in [4.78, 5) is 13.1. The van der Waals surface area contributed by atoms with Gasteiger partial charge in [-0.2, -0.15) is 10.2 Å². The number of amides is 1. The first-order valence-corrected chi connectivity index (χ1v) is 8.05. The molecule has 2 aromatic rings. The normalized spacial score (nSPS) is 17.8. The Morgan fingerprint density at radius 2 is 2.12 bits per heavy atom. The van der Waals surface area contributed by atoms with Crippen molar-refractivity contribution in [3.05, 3.63) is 35.9 Å². The molecule has 1 amide bonds. The van der Waals surface area contributed by atoms with Crippen LogP contribution in [-0.2, 0) is 17.4 Å². The third-order valence-corrected chi connectivity index (χ3v) is 4.66. The largest absolute Gasteiger partial charge is 0.347 e. The van der Waals surface area contributed by atoms with Crippen molar-refractivity contribution in [2.24, 2.45) is 7.05 Å². The van der Waals surface area contributed by atoms with Crippen LogP contribution in [-0.4, -0.2) is 38.6 Å². The molecule has 1 unspecified atom stereocenters. The summed E-state index contributed by atoms with van der Waals surface area (Å²) in [6, 6.07) is 1.78. The van der Waals surface area contributed by atoms with Crippen LogP contribution in [0.4, 0.5) is 0 Å². The average molecular weight is 353 g/mol. The lowest BCUT2D eigenvalue weighted by Gasteiger charge is -2.37. The van der Waals surface area contributed by atoms with Gasteiger partial charge in [0.2, 0.25) is 5.91 Å². The minimum Gasteiger partial charge on any atom is -0.347 e. The zero-order valence-electron chi connectivity index (χ0n) is 14.3. The monoisotopic (exact) mass is 352 g/mol. The van der Waals surface area contributed by atoms with Crippen LogP contribution >= 0.6 is 12.4 Å². The Hall–Kier alpha value is -1.86. The number of aryl methyl sites for hydroxylation is 2. The molecule has 0 spiro atoms. The Labute approximate surface area is 148 Å². The molecule has 0 bridgehead atoms. The fourth-order valence-corrected chi connectivity index (χ4v) is 3.37. The second-order valence-electron chi connectivity index (χ2n) is 6.27. The molecule has 3 heterocycles. The number of nitrogens with one attached hydrogen (secondary N) is 2. The van der Waals surface area contributed by atoms with Crippen LogP contribution in [0, 0.1) is 6.92 Å². The maximum atomic E-state index is 13.1. The smallest absolute Gasteiger partial charge is 0.248 e. The van der Waals surface area contributed by atoms with E-state index in [1.165, 1.54) is 0 Å². The standard InChI is InChI=1S/C16H24N6O.ClH/c1-12(14-11-21(3)20-13(14)2)19-15(23)16(5-8-17-9-6-16)22-10-4-7-18-22;/h4,7,10-12,17H,5-6,8-9H2,1-3H3,(H,19,23);1H. The van der Waals surface area contributed by atoms with Crippen molar-refractivity contribution in [3.8, 4) is 0 Å². The van der Waals surface area contributed by atoms with Gasteiger partial charge in [-0.3, -0.25) is 14.2 Å². The molecule has 1 aliphatic rings. The molecule has 2 N–H and O–H groups in total. The van der Waals surface area contributed by atoms with E-state index >= 15 is 0 Å². The fourth-order valence-electron chi connectivity index (χ4n) is 3.37. The summed E-state index contributed by atoms with van der Waals surface area (Å²) in [5.41, 5.74) is 1.38. The number of aromatic nitrogens is 4. The highest BCUT2D eigenvalue weighted by molar-refractivity contribution is 5.85. The Kier molecular flexibility index (Phi) is 5.66. The van der Waals surface area contributed by atoms with Crippen LogP contribution in [0.5, 0.6) is 0 Å². The average Bonchev–Trinajstić information content (AvgIpc) is 3.17. The number of carbonyl (C=O) groups excluding carboxylic acids is 1. The molecule has 24 heavy (non-hydrogen) atoms. The van der Waals surface area contributed by atoms with Gasteiger partial charge in [-0.05, 0) is 45.8 Å². The number of hydrogen-bond donors (Lipinski definition) is 2. The molecule has 0 saturated carbocycles. The first kappa shape index (κ1) is 18.5. The number of carbonyl (C=O) groups is 1. The first-order valence-electron chi connectivity index (χ1n) is 8.05. The van der Waals surface area contributed by atoms with E-state index in [9.17, 15) is 4.79 Å². The summed E-state index contributed by atoms with van der Waals surface area (Å²) < 4.78 is 3.59. The molecule has 132 valence electrons. The van der Waals surface area contributed by atoms with Gasteiger partial charge in [-0.15, -0.1) is 12.4 Å². The minimum absolute atomic E-state index is 0. The predicted octanol–water partition coefficient (Wildman–Crippen LogP) is 1.30. The SMILES string of the molecule is Cc1nn(C)cc1C(C)NC(=O)C1(n2cccn2)CCNCC1.Cl. The summed E-state index contributed by atoms with van der Waals surface area (Å²) >= 11 is 0. The molecular weight excluding hydrogens is 328 g/mol. The minimum atomic E-state index is -0.612. The molecule has 1 aliphatic heterocycles. The third kappa shape index (κ3) is 3.32. The number of nitrogens with zero attached hydrogens (tertiary/aromatic N) is 4. The van der Waals surface area contributed by atoms with Crippen molar-refractivity contribution < 1.29 is 4.79 Å². The number of halogens is 1. The van der Waals surface area contributed by atoms with Crippen molar-refractivity contribution >= 4 is 18.3 Å². The maximum absolute atomic E-state index is 13.1. The van der Waals surface area contributed by atoms with Gasteiger partial charge in [0.1, 0.15) is 5.54 Å². The van der Waals surface area contributed by atoms with E-state index in [1.807, 2.05) is 44.0 Å². The Morgan fingerprint density at radius 3 is 2.67 bits per heavy atom. The Bertz CT molecular complexity index is 675. The van der Waals surface area contributed by atoms with Gasteiger partial charge in [0.15, 0.2) is 0 Å². The van der Waals surface area contributed by atoms with Crippen LogP contribution in [0.3, 0.4) is 0 Å². The molecule has 1 saturated heterocycles. The summed E-state index contributed by atoms with van der Waals surface area (Å²) in [7, 11) is 1.89. The van der Waals surface area contributed by atoms with E-state index in [1.54, 1.807) is 10.9 Å². The number of rotatable bonds is 4. The van der Waals surface area contributed by atoms with Crippen LogP contribution in [0.15, 0.2) is 24.7 Å². The van der Waals surface area contributed by atoms with Crippen LogP contribution in [0.1, 0.15) is 37.1 Å². The van der Waals surface area contributed by atoms with E-state index in [2.05, 4.69) is 20.8 Å². The molecular formula is C16H25ClN6O. The van der Waals surface area contributed by atoms with Gasteiger partial charge in [0, 0.05) is 31.2 Å². The second-order valence-corrected chi connectivity index (χ2v) is 6.27. The van der Waals surface area contributed by atoms with E-state index in [-0.39, 0.29) is 24.4 Å². The lowest BCUT2D eigenvalue weighted by atomic mass is 9.87. The lowest BCUT2D eigenvalue weighted by Crippen LogP contribution is -2.55. The zero-order chi connectivity index (χ0) is 16.4. The van der Waals surface area contributed by atoms with E-state index < -0.39 is 5.54 Å². The number of piperidine rings is 1. The van der Waals surface area contributed by atoms with Gasteiger partial charge in [-0.25, -0.2) is 0 Å². The van der Waals surface area contributed by atoms with Crippen LogP contribution in [0.25, 0.3) is 0 Å². The summed E-state index contributed by atoms with van der Waals surface area (Å²) in [6.45, 7) is 5.59. The van der Waals surface area contributed by atoms with Crippen LogP contribution < -0.4 is 10.6 Å². The maximum Gasteiger partial charge on any atom is 0.248 e.